The predicted octanol–water partition coefficient (Wildman–Crippen LogP) is 4.52. The summed E-state index contributed by atoms with van der Waals surface area (Å²) in [7, 11) is 0. The maximum absolute atomic E-state index is 13.5. The van der Waals surface area contributed by atoms with E-state index in [2.05, 4.69) is 4.98 Å². The van der Waals surface area contributed by atoms with Crippen LogP contribution in [0.15, 0.2) is 48.5 Å². The molecule has 0 aliphatic carbocycles. The van der Waals surface area contributed by atoms with Crippen LogP contribution < -0.4 is 0 Å². The van der Waals surface area contributed by atoms with Gasteiger partial charge in [0.25, 0.3) is 11.6 Å². The van der Waals surface area contributed by atoms with Gasteiger partial charge in [-0.15, -0.1) is 0 Å². The molecule has 0 atom stereocenters. The number of carbonyl (C=O) groups excluding carboxylic acids is 1. The summed E-state index contributed by atoms with van der Waals surface area (Å²) >= 11 is 0. The van der Waals surface area contributed by atoms with Crippen molar-refractivity contribution in [1.82, 2.24) is 14.5 Å². The van der Waals surface area contributed by atoms with Crippen LogP contribution in [0.5, 0.6) is 0 Å². The van der Waals surface area contributed by atoms with Crippen molar-refractivity contribution in [3.8, 4) is 0 Å². The molecule has 1 aliphatic rings. The summed E-state index contributed by atoms with van der Waals surface area (Å²) in [6.07, 6.45) is -3.58. The predicted molar refractivity (Wildman–Crippen MR) is 106 cm³/mol. The number of imidazole rings is 1. The number of halogens is 3. The Hall–Kier alpha value is -3.43. The highest BCUT2D eigenvalue weighted by Crippen LogP contribution is 2.33. The van der Waals surface area contributed by atoms with Crippen LogP contribution in [0.25, 0.3) is 11.0 Å². The van der Waals surface area contributed by atoms with Crippen LogP contribution in [-0.2, 0) is 12.7 Å². The zero-order valence-corrected chi connectivity index (χ0v) is 16.4. The molecule has 1 aromatic heterocycles. The molecule has 0 N–H and O–H groups in total. The number of aromatic nitrogens is 2. The number of hydrogen-bond donors (Lipinski definition) is 0. The Bertz CT molecular complexity index is 1130. The molecule has 3 aromatic rings. The zero-order chi connectivity index (χ0) is 22.2. The topological polar surface area (TPSA) is 81.3 Å². The van der Waals surface area contributed by atoms with Crippen molar-refractivity contribution >= 4 is 22.6 Å². The van der Waals surface area contributed by atoms with E-state index < -0.39 is 22.8 Å². The molecular weight excluding hydrogens is 413 g/mol. The van der Waals surface area contributed by atoms with E-state index in [1.807, 2.05) is 0 Å². The van der Waals surface area contributed by atoms with Crippen molar-refractivity contribution < 1.29 is 22.9 Å². The second kappa shape index (κ2) is 8.01. The summed E-state index contributed by atoms with van der Waals surface area (Å²) in [5, 5.41) is 11.2. The molecule has 162 valence electrons. The lowest BCUT2D eigenvalue weighted by Crippen LogP contribution is -2.39. The van der Waals surface area contributed by atoms with Gasteiger partial charge in [0.1, 0.15) is 5.56 Å². The van der Waals surface area contributed by atoms with E-state index >= 15 is 0 Å². The van der Waals surface area contributed by atoms with Crippen molar-refractivity contribution in [2.75, 3.05) is 13.1 Å². The van der Waals surface area contributed by atoms with Crippen LogP contribution in [0.4, 0.5) is 18.9 Å². The molecule has 0 unspecified atom stereocenters. The first-order chi connectivity index (χ1) is 14.8. The maximum Gasteiger partial charge on any atom is 0.449 e. The van der Waals surface area contributed by atoms with Gasteiger partial charge in [0.15, 0.2) is 0 Å². The first-order valence-corrected chi connectivity index (χ1v) is 9.81. The molecule has 1 aliphatic heterocycles. The summed E-state index contributed by atoms with van der Waals surface area (Å²) < 4.78 is 41.7. The van der Waals surface area contributed by atoms with E-state index in [0.717, 1.165) is 0 Å². The van der Waals surface area contributed by atoms with E-state index in [9.17, 15) is 28.1 Å². The lowest BCUT2D eigenvalue weighted by molar-refractivity contribution is -0.385. The number of alkyl halides is 3. The maximum atomic E-state index is 13.5. The van der Waals surface area contributed by atoms with E-state index in [1.165, 1.54) is 27.7 Å². The van der Waals surface area contributed by atoms with Crippen LogP contribution in [-0.4, -0.2) is 38.4 Å². The summed E-state index contributed by atoms with van der Waals surface area (Å²) in [5.41, 5.74) is 0.479. The standard InChI is InChI=1S/C21H19F3N4O3/c22-21(23,24)20-25-16-6-2-4-8-18(16)27(20)13-14-9-11-26(12-10-14)19(29)15-5-1-3-7-17(15)28(30)31/h1-8,14H,9-13H2. The van der Waals surface area contributed by atoms with Gasteiger partial charge < -0.3 is 9.47 Å². The van der Waals surface area contributed by atoms with Gasteiger partial charge in [0.2, 0.25) is 5.82 Å². The van der Waals surface area contributed by atoms with Crippen molar-refractivity contribution in [2.24, 2.45) is 5.92 Å². The number of rotatable bonds is 4. The number of likely N-dealkylation sites (tertiary alicyclic amines) is 1. The Morgan fingerprint density at radius 3 is 2.42 bits per heavy atom. The number of nitro benzene ring substituents is 1. The Morgan fingerprint density at radius 2 is 1.74 bits per heavy atom. The lowest BCUT2D eigenvalue weighted by Gasteiger charge is -2.32. The van der Waals surface area contributed by atoms with Gasteiger partial charge in [0.05, 0.1) is 16.0 Å². The molecular formula is C21H19F3N4O3. The fraction of sp³-hybridized carbons (Fsp3) is 0.333. The first kappa shape index (κ1) is 20.8. The van der Waals surface area contributed by atoms with Crippen molar-refractivity contribution in [3.63, 3.8) is 0 Å². The molecule has 2 aromatic carbocycles. The van der Waals surface area contributed by atoms with Gasteiger partial charge in [-0.25, -0.2) is 4.98 Å². The highest BCUT2D eigenvalue weighted by Gasteiger charge is 2.38. The molecule has 0 bridgehead atoms. The van der Waals surface area contributed by atoms with E-state index in [4.69, 9.17) is 0 Å². The Balaban J connectivity index is 1.50. The molecule has 4 rings (SSSR count). The average Bonchev–Trinajstić information content (AvgIpc) is 3.13. The third kappa shape index (κ3) is 4.10. The summed E-state index contributed by atoms with van der Waals surface area (Å²) in [5.74, 6) is -1.43. The smallest absolute Gasteiger partial charge is 0.338 e. The normalized spacial score (nSPS) is 15.4. The van der Waals surface area contributed by atoms with Crippen LogP contribution in [0.3, 0.4) is 0 Å². The Morgan fingerprint density at radius 1 is 1.10 bits per heavy atom. The molecule has 1 saturated heterocycles. The number of piperidine rings is 1. The summed E-state index contributed by atoms with van der Waals surface area (Å²) in [6, 6.07) is 12.2. The third-order valence-corrected chi connectivity index (χ3v) is 5.58. The van der Waals surface area contributed by atoms with Crippen LogP contribution >= 0.6 is 0 Å². The zero-order valence-electron chi connectivity index (χ0n) is 16.4. The second-order valence-corrected chi connectivity index (χ2v) is 7.54. The SMILES string of the molecule is O=C(c1ccccc1[N+](=O)[O-])N1CCC(Cn2c(C(F)(F)F)nc3ccccc32)CC1. The quantitative estimate of drug-likeness (QED) is 0.449. The van der Waals surface area contributed by atoms with E-state index in [1.54, 1.807) is 30.3 Å². The fourth-order valence-corrected chi connectivity index (χ4v) is 4.04. The molecule has 1 fully saturated rings. The molecule has 2 heterocycles. The lowest BCUT2D eigenvalue weighted by atomic mass is 9.96. The number of fused-ring (bicyclic) bond motifs is 1. The minimum Gasteiger partial charge on any atom is -0.338 e. The molecule has 31 heavy (non-hydrogen) atoms. The largest absolute Gasteiger partial charge is 0.449 e. The minimum atomic E-state index is -4.57. The van der Waals surface area contributed by atoms with Crippen LogP contribution in [0.1, 0.15) is 29.0 Å². The van der Waals surface area contributed by atoms with Gasteiger partial charge in [-0.2, -0.15) is 13.2 Å². The van der Waals surface area contributed by atoms with Crippen LogP contribution in [0, 0.1) is 16.0 Å². The molecule has 0 saturated carbocycles. The van der Waals surface area contributed by atoms with E-state index in [-0.39, 0.29) is 23.7 Å². The van der Waals surface area contributed by atoms with Crippen molar-refractivity contribution in [2.45, 2.75) is 25.6 Å². The van der Waals surface area contributed by atoms with Gasteiger partial charge in [-0.05, 0) is 37.0 Å². The molecule has 0 spiro atoms. The number of amides is 1. The summed E-state index contributed by atoms with van der Waals surface area (Å²) in [4.78, 5) is 28.7. The van der Waals surface area contributed by atoms with E-state index in [0.29, 0.717) is 37.0 Å². The average molecular weight is 432 g/mol. The number of hydrogen-bond acceptors (Lipinski definition) is 4. The minimum absolute atomic E-state index is 0.0194. The van der Waals surface area contributed by atoms with Gasteiger partial charge in [0, 0.05) is 25.7 Å². The molecule has 10 heteroatoms. The number of nitro groups is 1. The Kier molecular flexibility index (Phi) is 5.38. The number of carbonyl (C=O) groups is 1. The number of benzene rings is 2. The van der Waals surface area contributed by atoms with Gasteiger partial charge in [-0.1, -0.05) is 24.3 Å². The second-order valence-electron chi connectivity index (χ2n) is 7.54. The monoisotopic (exact) mass is 432 g/mol. The van der Waals surface area contributed by atoms with Crippen molar-refractivity contribution in [3.05, 3.63) is 70.0 Å². The third-order valence-electron chi connectivity index (χ3n) is 5.58. The fourth-order valence-electron chi connectivity index (χ4n) is 4.04. The first-order valence-electron chi connectivity index (χ1n) is 9.81. The summed E-state index contributed by atoms with van der Waals surface area (Å²) in [6.45, 7) is 0.788. The Labute approximate surface area is 175 Å². The number of para-hydroxylation sites is 3. The highest BCUT2D eigenvalue weighted by atomic mass is 19.4. The van der Waals surface area contributed by atoms with Crippen LogP contribution in [0.2, 0.25) is 0 Å². The van der Waals surface area contributed by atoms with Gasteiger partial charge >= 0.3 is 6.18 Å². The molecule has 1 amide bonds. The van der Waals surface area contributed by atoms with Crippen molar-refractivity contribution in [1.29, 1.82) is 0 Å². The highest BCUT2D eigenvalue weighted by molar-refractivity contribution is 5.98. The molecule has 7 nitrogen and oxygen atoms in total. The van der Waals surface area contributed by atoms with Gasteiger partial charge in [-0.3, -0.25) is 14.9 Å². The number of nitrogens with zero attached hydrogens (tertiary/aromatic N) is 4. The molecule has 0 radical (unpaired) electrons.